The molecule has 0 saturated heterocycles. The highest BCUT2D eigenvalue weighted by molar-refractivity contribution is 6.08. The van der Waals surface area contributed by atoms with Gasteiger partial charge in [-0.1, -0.05) is 48.5 Å². The van der Waals surface area contributed by atoms with Gasteiger partial charge >= 0.3 is 0 Å². The average molecular weight is 507 g/mol. The molecule has 1 aliphatic heterocycles. The Labute approximate surface area is 222 Å². The normalized spacial score (nSPS) is 12.5. The number of H-pyrrole nitrogens is 4. The van der Waals surface area contributed by atoms with Crippen LogP contribution in [-0.4, -0.2) is 19.9 Å². The number of halogens is 1. The van der Waals surface area contributed by atoms with E-state index in [0.29, 0.717) is 0 Å². The molecule has 0 radical (unpaired) electrons. The molecule has 0 amide bonds. The van der Waals surface area contributed by atoms with Crippen LogP contribution in [0, 0.1) is 5.82 Å². The van der Waals surface area contributed by atoms with E-state index in [2.05, 4.69) is 111 Å². The van der Waals surface area contributed by atoms with Crippen LogP contribution in [0.5, 0.6) is 0 Å². The van der Waals surface area contributed by atoms with Crippen molar-refractivity contribution in [3.8, 4) is 11.1 Å². The summed E-state index contributed by atoms with van der Waals surface area (Å²) in [6.45, 7) is 0. The highest BCUT2D eigenvalue weighted by Gasteiger charge is 2.11. The molecule has 4 nitrogen and oxygen atoms in total. The molecule has 4 aromatic heterocycles. The average Bonchev–Trinajstić information content (AvgIpc) is 3.73. The van der Waals surface area contributed by atoms with Crippen molar-refractivity contribution < 1.29 is 4.39 Å². The van der Waals surface area contributed by atoms with Crippen LogP contribution in [0.15, 0.2) is 91.0 Å². The molecule has 3 aromatic carbocycles. The van der Waals surface area contributed by atoms with Gasteiger partial charge in [0.05, 0.1) is 0 Å². The molecule has 8 rings (SSSR count). The van der Waals surface area contributed by atoms with Crippen molar-refractivity contribution in [3.05, 3.63) is 141 Å². The first-order valence-electron chi connectivity index (χ1n) is 13.0. The van der Waals surface area contributed by atoms with Crippen LogP contribution >= 0.6 is 0 Å². The Morgan fingerprint density at radius 1 is 0.513 bits per heavy atom. The lowest BCUT2D eigenvalue weighted by atomic mass is 10.0. The molecule has 5 heteroatoms. The van der Waals surface area contributed by atoms with Gasteiger partial charge in [-0.15, -0.1) is 0 Å². The molecule has 0 atom stereocenters. The van der Waals surface area contributed by atoms with Crippen LogP contribution in [0.25, 0.3) is 57.0 Å². The fourth-order valence-electron chi connectivity index (χ4n) is 5.67. The van der Waals surface area contributed by atoms with Crippen LogP contribution < -0.4 is 21.4 Å². The summed E-state index contributed by atoms with van der Waals surface area (Å²) in [5.74, 6) is -0.248. The predicted octanol–water partition coefficient (Wildman–Crippen LogP) is 4.74. The zero-order valence-corrected chi connectivity index (χ0v) is 20.8. The molecule has 0 spiro atoms. The number of aromatic amines is 4. The lowest BCUT2D eigenvalue weighted by Gasteiger charge is -2.01. The Kier molecular flexibility index (Phi) is 4.67. The summed E-state index contributed by atoms with van der Waals surface area (Å²) in [4.78, 5) is 14.3. The summed E-state index contributed by atoms with van der Waals surface area (Å²) in [5.41, 5.74) is 5.90. The van der Waals surface area contributed by atoms with Crippen LogP contribution in [0.4, 0.5) is 4.39 Å². The zero-order valence-electron chi connectivity index (χ0n) is 20.8. The van der Waals surface area contributed by atoms with Gasteiger partial charge in [0.1, 0.15) is 5.82 Å². The Bertz CT molecular complexity index is 2290. The van der Waals surface area contributed by atoms with E-state index in [1.54, 1.807) is 0 Å². The van der Waals surface area contributed by atoms with Crippen LogP contribution in [0.1, 0.15) is 22.8 Å². The molecule has 0 saturated carbocycles. The lowest BCUT2D eigenvalue weighted by molar-refractivity contribution is 0.628. The fourth-order valence-corrected chi connectivity index (χ4v) is 5.67. The molecule has 0 unspecified atom stereocenters. The van der Waals surface area contributed by atoms with Crippen molar-refractivity contribution in [1.82, 2.24) is 19.9 Å². The minimum Gasteiger partial charge on any atom is -0.355 e. The SMILES string of the molecule is Fc1ccc(-c2cc3[nH]c2C=c2[nH]c(c4c2ccc2ccccc24)=Cc2ccc([nH]2)C=c2ccc([nH]2)=C3)cc1. The van der Waals surface area contributed by atoms with E-state index in [1.807, 2.05) is 12.1 Å². The molecule has 7 aromatic rings. The van der Waals surface area contributed by atoms with Gasteiger partial charge in [0, 0.05) is 60.5 Å². The molecule has 0 fully saturated rings. The summed E-state index contributed by atoms with van der Waals surface area (Å²) in [5, 5.41) is 8.76. The Morgan fingerprint density at radius 3 is 2.13 bits per heavy atom. The molecule has 1 aliphatic rings. The summed E-state index contributed by atoms with van der Waals surface area (Å²) >= 11 is 0. The Hall–Kier alpha value is -5.29. The first kappa shape index (κ1) is 21.8. The second-order valence-corrected chi connectivity index (χ2v) is 10.0. The van der Waals surface area contributed by atoms with Crippen molar-refractivity contribution in [3.63, 3.8) is 0 Å². The summed E-state index contributed by atoms with van der Waals surface area (Å²) in [6.07, 6.45) is 8.52. The van der Waals surface area contributed by atoms with Crippen LogP contribution in [0.3, 0.4) is 0 Å². The Balaban J connectivity index is 1.50. The smallest absolute Gasteiger partial charge is 0.123 e. The van der Waals surface area contributed by atoms with Crippen molar-refractivity contribution in [1.29, 1.82) is 0 Å². The minimum absolute atomic E-state index is 0.248. The van der Waals surface area contributed by atoms with E-state index in [0.717, 1.165) is 60.7 Å². The Morgan fingerprint density at radius 2 is 1.28 bits per heavy atom. The molecule has 39 heavy (non-hydrogen) atoms. The molecular weight excluding hydrogens is 483 g/mol. The predicted molar refractivity (Wildman–Crippen MR) is 156 cm³/mol. The minimum atomic E-state index is -0.248. The second-order valence-electron chi connectivity index (χ2n) is 10.0. The number of aromatic nitrogens is 4. The fraction of sp³-hybridized carbons (Fsp3) is 0. The maximum Gasteiger partial charge on any atom is 0.123 e. The van der Waals surface area contributed by atoms with Crippen molar-refractivity contribution in [2.75, 3.05) is 0 Å². The molecule has 5 heterocycles. The number of rotatable bonds is 1. The third kappa shape index (κ3) is 3.75. The van der Waals surface area contributed by atoms with E-state index in [9.17, 15) is 4.39 Å². The van der Waals surface area contributed by atoms with Crippen molar-refractivity contribution in [2.24, 2.45) is 0 Å². The number of fused-ring (bicyclic) bond motifs is 13. The first-order valence-corrected chi connectivity index (χ1v) is 13.0. The van der Waals surface area contributed by atoms with Crippen molar-refractivity contribution >= 4 is 45.8 Å². The molecule has 4 N–H and O–H groups in total. The number of hydrogen-bond donors (Lipinski definition) is 4. The van der Waals surface area contributed by atoms with E-state index >= 15 is 0 Å². The topological polar surface area (TPSA) is 63.2 Å². The van der Waals surface area contributed by atoms with Gasteiger partial charge in [0.25, 0.3) is 0 Å². The molecular formula is C34H23FN4. The van der Waals surface area contributed by atoms with Crippen molar-refractivity contribution in [2.45, 2.75) is 0 Å². The lowest BCUT2D eigenvalue weighted by Crippen LogP contribution is -2.11. The van der Waals surface area contributed by atoms with Gasteiger partial charge in [0.15, 0.2) is 0 Å². The third-order valence-electron chi connectivity index (χ3n) is 7.45. The van der Waals surface area contributed by atoms with Gasteiger partial charge < -0.3 is 19.9 Å². The number of nitrogens with one attached hydrogen (secondary N) is 4. The van der Waals surface area contributed by atoms with E-state index in [4.69, 9.17) is 0 Å². The molecule has 8 bridgehead atoms. The zero-order chi connectivity index (χ0) is 25.9. The molecule has 0 aliphatic carbocycles. The van der Waals surface area contributed by atoms with Gasteiger partial charge in [-0.3, -0.25) is 0 Å². The highest BCUT2D eigenvalue weighted by atomic mass is 19.1. The van der Waals surface area contributed by atoms with Crippen LogP contribution in [0.2, 0.25) is 0 Å². The van der Waals surface area contributed by atoms with Gasteiger partial charge in [-0.05, 0) is 83.1 Å². The molecule has 186 valence electrons. The standard InChI is InChI=1S/C34H23FN4/c35-22-8-5-21(6-9-22)30-17-27-16-25-11-10-23(36-25)15-24-12-13-26(37-24)18-33-34-28-4-2-1-3-20(28)7-14-29(34)31(39-33)19-32(30)38-27/h1-19,36-39H. The first-order chi connectivity index (χ1) is 19.2. The van der Waals surface area contributed by atoms with E-state index in [-0.39, 0.29) is 5.82 Å². The summed E-state index contributed by atoms with van der Waals surface area (Å²) in [7, 11) is 0. The third-order valence-corrected chi connectivity index (χ3v) is 7.45. The summed E-state index contributed by atoms with van der Waals surface area (Å²) in [6, 6.07) is 30.0. The van der Waals surface area contributed by atoms with Gasteiger partial charge in [-0.25, -0.2) is 4.39 Å². The maximum atomic E-state index is 13.8. The summed E-state index contributed by atoms with van der Waals surface area (Å²) < 4.78 is 13.8. The van der Waals surface area contributed by atoms with Gasteiger partial charge in [0.2, 0.25) is 0 Å². The van der Waals surface area contributed by atoms with Crippen LogP contribution in [-0.2, 0) is 0 Å². The second kappa shape index (κ2) is 8.36. The number of hydrogen-bond acceptors (Lipinski definition) is 0. The van der Waals surface area contributed by atoms with E-state index in [1.165, 1.54) is 28.3 Å². The van der Waals surface area contributed by atoms with E-state index < -0.39 is 0 Å². The monoisotopic (exact) mass is 506 g/mol. The quantitative estimate of drug-likeness (QED) is 0.249. The maximum absolute atomic E-state index is 13.8. The highest BCUT2D eigenvalue weighted by Crippen LogP contribution is 2.27. The van der Waals surface area contributed by atoms with Gasteiger partial charge in [-0.2, -0.15) is 0 Å². The number of benzene rings is 3. The largest absolute Gasteiger partial charge is 0.355 e.